The van der Waals surface area contributed by atoms with Crippen molar-refractivity contribution in [3.8, 4) is 0 Å². The lowest BCUT2D eigenvalue weighted by atomic mass is 9.73. The Hall–Kier alpha value is -0.830. The molecule has 2 rings (SSSR count). The van der Waals surface area contributed by atoms with Gasteiger partial charge in [0, 0.05) is 18.4 Å². The van der Waals surface area contributed by atoms with Gasteiger partial charge in [-0.1, -0.05) is 13.8 Å². The molecule has 0 bridgehead atoms. The van der Waals surface area contributed by atoms with Crippen LogP contribution in [-0.2, 0) is 0 Å². The van der Waals surface area contributed by atoms with Crippen LogP contribution in [0.4, 0.5) is 0 Å². The molecule has 0 spiro atoms. The molecule has 1 fully saturated rings. The average Bonchev–Trinajstić information content (AvgIpc) is 2.62. The highest BCUT2D eigenvalue weighted by Gasteiger charge is 2.34. The van der Waals surface area contributed by atoms with Crippen LogP contribution in [0.3, 0.4) is 0 Å². The van der Waals surface area contributed by atoms with Gasteiger partial charge in [0.25, 0.3) is 0 Å². The fourth-order valence-corrected chi connectivity index (χ4v) is 2.34. The summed E-state index contributed by atoms with van der Waals surface area (Å²) >= 11 is 0. The quantitative estimate of drug-likeness (QED) is 0.741. The maximum atomic E-state index is 6.13. The van der Waals surface area contributed by atoms with Gasteiger partial charge < -0.3 is 5.73 Å². The van der Waals surface area contributed by atoms with Gasteiger partial charge in [-0.3, -0.25) is 4.68 Å². The van der Waals surface area contributed by atoms with Crippen molar-refractivity contribution in [2.75, 3.05) is 0 Å². The summed E-state index contributed by atoms with van der Waals surface area (Å²) in [6, 6.07) is 2.62. The molecule has 1 aliphatic rings. The number of nitrogens with two attached hydrogens (primary N) is 1. The summed E-state index contributed by atoms with van der Waals surface area (Å²) in [7, 11) is 0. The predicted molar refractivity (Wildman–Crippen MR) is 56.9 cm³/mol. The van der Waals surface area contributed by atoms with Crippen LogP contribution in [0.25, 0.3) is 0 Å². The third-order valence-electron chi connectivity index (χ3n) is 3.28. The van der Waals surface area contributed by atoms with Crippen LogP contribution in [-0.4, -0.2) is 15.8 Å². The lowest BCUT2D eigenvalue weighted by Crippen LogP contribution is -2.40. The third kappa shape index (κ3) is 1.82. The zero-order chi connectivity index (χ0) is 10.2. The van der Waals surface area contributed by atoms with Crippen LogP contribution in [0.15, 0.2) is 18.5 Å². The maximum Gasteiger partial charge on any atom is 0.0675 e. The van der Waals surface area contributed by atoms with E-state index in [0.29, 0.717) is 11.5 Å². The number of nitrogens with zero attached hydrogens (tertiary/aromatic N) is 2. The Morgan fingerprint density at radius 2 is 2.29 bits per heavy atom. The summed E-state index contributed by atoms with van der Waals surface area (Å²) < 4.78 is 2.02. The van der Waals surface area contributed by atoms with Gasteiger partial charge in [0.1, 0.15) is 0 Å². The van der Waals surface area contributed by atoms with E-state index in [1.54, 1.807) is 0 Å². The molecule has 1 saturated carbocycles. The lowest BCUT2D eigenvalue weighted by molar-refractivity contribution is 0.153. The van der Waals surface area contributed by atoms with Crippen molar-refractivity contribution < 1.29 is 0 Å². The van der Waals surface area contributed by atoms with Gasteiger partial charge in [0.2, 0.25) is 0 Å². The Balaban J connectivity index is 2.17. The van der Waals surface area contributed by atoms with E-state index < -0.39 is 0 Å². The first-order valence-electron chi connectivity index (χ1n) is 5.33. The summed E-state index contributed by atoms with van der Waals surface area (Å²) in [5.74, 6) is 0. The zero-order valence-corrected chi connectivity index (χ0v) is 8.98. The number of aromatic nitrogens is 2. The molecule has 0 aliphatic heterocycles. The Bertz CT molecular complexity index is 289. The van der Waals surface area contributed by atoms with Crippen molar-refractivity contribution in [3.63, 3.8) is 0 Å². The van der Waals surface area contributed by atoms with Crippen molar-refractivity contribution in [1.29, 1.82) is 0 Å². The van der Waals surface area contributed by atoms with Crippen LogP contribution in [0, 0.1) is 5.41 Å². The van der Waals surface area contributed by atoms with E-state index in [9.17, 15) is 0 Å². The van der Waals surface area contributed by atoms with E-state index in [-0.39, 0.29) is 6.04 Å². The molecule has 14 heavy (non-hydrogen) atoms. The molecule has 2 N–H and O–H groups in total. The standard InChI is InChI=1S/C11H19N3/c1-11(2)5-4-9(12)10(8-11)14-7-3-6-13-14/h3,6-7,9-10H,4-5,8,12H2,1-2H3. The first-order chi connectivity index (χ1) is 6.58. The number of hydrogen-bond acceptors (Lipinski definition) is 2. The molecule has 0 saturated heterocycles. The summed E-state index contributed by atoms with van der Waals surface area (Å²) in [6.45, 7) is 4.63. The molecule has 3 nitrogen and oxygen atoms in total. The summed E-state index contributed by atoms with van der Waals surface area (Å²) in [6.07, 6.45) is 7.32. The molecule has 0 radical (unpaired) electrons. The lowest BCUT2D eigenvalue weighted by Gasteiger charge is -2.39. The Labute approximate surface area is 85.3 Å². The second kappa shape index (κ2) is 3.39. The Morgan fingerprint density at radius 3 is 2.93 bits per heavy atom. The minimum atomic E-state index is 0.267. The molecule has 3 heteroatoms. The van der Waals surface area contributed by atoms with E-state index in [2.05, 4.69) is 18.9 Å². The summed E-state index contributed by atoms with van der Waals surface area (Å²) in [4.78, 5) is 0. The fraction of sp³-hybridized carbons (Fsp3) is 0.727. The maximum absolute atomic E-state index is 6.13. The molecule has 0 aromatic carbocycles. The molecule has 78 valence electrons. The van der Waals surface area contributed by atoms with Crippen molar-refractivity contribution in [2.24, 2.45) is 11.1 Å². The van der Waals surface area contributed by atoms with Crippen LogP contribution in [0.1, 0.15) is 39.2 Å². The Morgan fingerprint density at radius 1 is 1.50 bits per heavy atom. The summed E-state index contributed by atoms with van der Waals surface area (Å²) in [5.41, 5.74) is 6.54. The van der Waals surface area contributed by atoms with E-state index in [0.717, 1.165) is 12.8 Å². The van der Waals surface area contributed by atoms with Crippen molar-refractivity contribution in [1.82, 2.24) is 9.78 Å². The van der Waals surface area contributed by atoms with Crippen molar-refractivity contribution >= 4 is 0 Å². The highest BCUT2D eigenvalue weighted by Crippen LogP contribution is 2.39. The highest BCUT2D eigenvalue weighted by atomic mass is 15.3. The molecule has 1 aliphatic carbocycles. The van der Waals surface area contributed by atoms with Crippen LogP contribution in [0.2, 0.25) is 0 Å². The second-order valence-corrected chi connectivity index (χ2v) is 5.12. The normalized spacial score (nSPS) is 31.6. The van der Waals surface area contributed by atoms with Gasteiger partial charge in [-0.05, 0) is 30.7 Å². The van der Waals surface area contributed by atoms with E-state index in [1.807, 2.05) is 23.1 Å². The largest absolute Gasteiger partial charge is 0.326 e. The molecular formula is C11H19N3. The smallest absolute Gasteiger partial charge is 0.0675 e. The summed E-state index contributed by atoms with van der Waals surface area (Å²) in [5, 5.41) is 4.29. The third-order valence-corrected chi connectivity index (χ3v) is 3.28. The SMILES string of the molecule is CC1(C)CCC(N)C(n2cccn2)C1. The predicted octanol–water partition coefficient (Wildman–Crippen LogP) is 1.96. The van der Waals surface area contributed by atoms with Crippen LogP contribution in [0.5, 0.6) is 0 Å². The average molecular weight is 193 g/mol. The molecular weight excluding hydrogens is 174 g/mol. The fourth-order valence-electron chi connectivity index (χ4n) is 2.34. The minimum absolute atomic E-state index is 0.267. The second-order valence-electron chi connectivity index (χ2n) is 5.12. The molecule has 1 heterocycles. The van der Waals surface area contributed by atoms with Gasteiger partial charge in [0.15, 0.2) is 0 Å². The molecule has 2 unspecified atom stereocenters. The Kier molecular flexibility index (Phi) is 2.35. The number of rotatable bonds is 1. The van der Waals surface area contributed by atoms with E-state index in [4.69, 9.17) is 5.73 Å². The first-order valence-corrected chi connectivity index (χ1v) is 5.33. The molecule has 1 aromatic heterocycles. The number of hydrogen-bond donors (Lipinski definition) is 1. The van der Waals surface area contributed by atoms with Gasteiger partial charge in [-0.2, -0.15) is 5.10 Å². The van der Waals surface area contributed by atoms with Gasteiger partial charge in [0.05, 0.1) is 6.04 Å². The van der Waals surface area contributed by atoms with Gasteiger partial charge in [-0.15, -0.1) is 0 Å². The van der Waals surface area contributed by atoms with Gasteiger partial charge in [-0.25, -0.2) is 0 Å². The minimum Gasteiger partial charge on any atom is -0.326 e. The zero-order valence-electron chi connectivity index (χ0n) is 8.98. The van der Waals surface area contributed by atoms with E-state index >= 15 is 0 Å². The first kappa shape index (κ1) is 9.71. The topological polar surface area (TPSA) is 43.8 Å². The van der Waals surface area contributed by atoms with Crippen molar-refractivity contribution in [3.05, 3.63) is 18.5 Å². The monoisotopic (exact) mass is 193 g/mol. The van der Waals surface area contributed by atoms with Gasteiger partial charge >= 0.3 is 0 Å². The molecule has 0 amide bonds. The highest BCUT2D eigenvalue weighted by molar-refractivity contribution is 4.92. The molecule has 2 atom stereocenters. The van der Waals surface area contributed by atoms with E-state index in [1.165, 1.54) is 6.42 Å². The van der Waals surface area contributed by atoms with Crippen molar-refractivity contribution in [2.45, 2.75) is 45.2 Å². The van der Waals surface area contributed by atoms with Crippen LogP contribution >= 0.6 is 0 Å². The van der Waals surface area contributed by atoms with Crippen LogP contribution < -0.4 is 5.73 Å². The molecule has 1 aromatic rings.